The molecule has 1 aromatic rings. The topological polar surface area (TPSA) is 93.5 Å². The highest BCUT2D eigenvalue weighted by atomic mass is 35.5. The molecule has 112 valence electrons. The van der Waals surface area contributed by atoms with E-state index in [0.29, 0.717) is 5.75 Å². The minimum atomic E-state index is -0.361. The first-order chi connectivity index (χ1) is 9.08. The van der Waals surface area contributed by atoms with Crippen LogP contribution in [0.3, 0.4) is 0 Å². The zero-order valence-corrected chi connectivity index (χ0v) is 12.3. The van der Waals surface area contributed by atoms with Gasteiger partial charge in [0, 0.05) is 5.56 Å². The Hall–Kier alpha value is -1.79. The molecule has 2 amide bonds. The van der Waals surface area contributed by atoms with Gasteiger partial charge in [-0.25, -0.2) is 0 Å². The van der Waals surface area contributed by atoms with Gasteiger partial charge in [-0.3, -0.25) is 9.59 Å². The number of methoxy groups -OCH3 is 1. The fraction of sp³-hybridized carbons (Fsp3) is 0.385. The summed E-state index contributed by atoms with van der Waals surface area (Å²) in [6.07, 6.45) is 0. The smallest absolute Gasteiger partial charge is 0.239 e. The van der Waals surface area contributed by atoms with Crippen LogP contribution in [0.5, 0.6) is 5.75 Å². The highest BCUT2D eigenvalue weighted by Crippen LogP contribution is 2.23. The summed E-state index contributed by atoms with van der Waals surface area (Å²) in [5, 5.41) is 5.19. The monoisotopic (exact) mass is 301 g/mol. The predicted molar refractivity (Wildman–Crippen MR) is 78.9 cm³/mol. The average Bonchev–Trinajstić information content (AvgIpc) is 2.44. The first kappa shape index (κ1) is 18.2. The second kappa shape index (κ2) is 9.17. The zero-order chi connectivity index (χ0) is 14.3. The van der Waals surface area contributed by atoms with Crippen molar-refractivity contribution >= 4 is 24.2 Å². The summed E-state index contributed by atoms with van der Waals surface area (Å²) in [6.45, 7) is 1.63. The van der Waals surface area contributed by atoms with Crippen LogP contribution >= 0.6 is 12.4 Å². The number of halogens is 1. The lowest BCUT2D eigenvalue weighted by molar-refractivity contribution is -0.125. The Kier molecular flexibility index (Phi) is 8.35. The van der Waals surface area contributed by atoms with Crippen molar-refractivity contribution in [1.29, 1.82) is 0 Å². The lowest BCUT2D eigenvalue weighted by Crippen LogP contribution is -2.40. The van der Waals surface area contributed by atoms with E-state index in [9.17, 15) is 9.59 Å². The van der Waals surface area contributed by atoms with E-state index in [1.807, 2.05) is 31.2 Å². The number of carbonyl (C=O) groups excluding carboxylic acids is 2. The number of amides is 2. The van der Waals surface area contributed by atoms with Crippen LogP contribution in [0.2, 0.25) is 0 Å². The molecule has 7 heteroatoms. The minimum Gasteiger partial charge on any atom is -0.496 e. The van der Waals surface area contributed by atoms with Crippen LogP contribution in [-0.2, 0) is 9.59 Å². The number of carbonyl (C=O) groups is 2. The van der Waals surface area contributed by atoms with Crippen molar-refractivity contribution in [1.82, 2.24) is 10.6 Å². The fourth-order valence-electron chi connectivity index (χ4n) is 1.65. The largest absolute Gasteiger partial charge is 0.496 e. The molecule has 0 radical (unpaired) electrons. The molecule has 0 heterocycles. The standard InChI is InChI=1S/C13H19N3O3.ClH/c1-9(10-5-3-4-6-11(10)19-2)16-13(18)8-15-12(17)7-14;/h3-6,9H,7-8,14H2,1-2H3,(H,15,17)(H,16,18);1H. The van der Waals surface area contributed by atoms with Gasteiger partial charge in [0.25, 0.3) is 0 Å². The van der Waals surface area contributed by atoms with E-state index < -0.39 is 0 Å². The third kappa shape index (κ3) is 5.46. The van der Waals surface area contributed by atoms with E-state index in [1.54, 1.807) is 7.11 Å². The molecule has 1 unspecified atom stereocenters. The number of nitrogens with two attached hydrogens (primary N) is 1. The molecule has 0 aliphatic carbocycles. The third-order valence-corrected chi connectivity index (χ3v) is 2.61. The first-order valence-corrected chi connectivity index (χ1v) is 5.97. The molecule has 1 atom stereocenters. The maximum Gasteiger partial charge on any atom is 0.239 e. The first-order valence-electron chi connectivity index (χ1n) is 5.97. The Balaban J connectivity index is 0.00000361. The summed E-state index contributed by atoms with van der Waals surface area (Å²) in [5.41, 5.74) is 6.01. The molecular weight excluding hydrogens is 282 g/mol. The van der Waals surface area contributed by atoms with E-state index in [-0.39, 0.29) is 43.4 Å². The molecule has 0 saturated heterocycles. The van der Waals surface area contributed by atoms with E-state index in [1.165, 1.54) is 0 Å². The van der Waals surface area contributed by atoms with Crippen LogP contribution < -0.4 is 21.1 Å². The van der Waals surface area contributed by atoms with Gasteiger partial charge in [0.05, 0.1) is 26.2 Å². The summed E-state index contributed by atoms with van der Waals surface area (Å²) in [4.78, 5) is 22.6. The molecule has 0 aliphatic heterocycles. The van der Waals surface area contributed by atoms with Crippen LogP contribution in [0, 0.1) is 0 Å². The Morgan fingerprint density at radius 2 is 1.95 bits per heavy atom. The van der Waals surface area contributed by atoms with E-state index in [4.69, 9.17) is 10.5 Å². The number of hydrogen-bond donors (Lipinski definition) is 3. The zero-order valence-electron chi connectivity index (χ0n) is 11.5. The molecule has 0 bridgehead atoms. The Morgan fingerprint density at radius 1 is 1.30 bits per heavy atom. The fourth-order valence-corrected chi connectivity index (χ4v) is 1.65. The van der Waals surface area contributed by atoms with Crippen molar-refractivity contribution < 1.29 is 14.3 Å². The molecular formula is C13H20ClN3O3. The third-order valence-electron chi connectivity index (χ3n) is 2.61. The second-order valence-corrected chi connectivity index (χ2v) is 4.01. The molecule has 20 heavy (non-hydrogen) atoms. The van der Waals surface area contributed by atoms with Crippen LogP contribution in [0.4, 0.5) is 0 Å². The summed E-state index contributed by atoms with van der Waals surface area (Å²) < 4.78 is 5.23. The van der Waals surface area contributed by atoms with Crippen LogP contribution in [-0.4, -0.2) is 32.0 Å². The van der Waals surface area contributed by atoms with E-state index >= 15 is 0 Å². The van der Waals surface area contributed by atoms with Crippen LogP contribution in [0.1, 0.15) is 18.5 Å². The van der Waals surface area contributed by atoms with Gasteiger partial charge in [0.1, 0.15) is 5.75 Å². The second-order valence-electron chi connectivity index (χ2n) is 4.01. The van der Waals surface area contributed by atoms with Gasteiger partial charge in [-0.2, -0.15) is 0 Å². The number of hydrogen-bond acceptors (Lipinski definition) is 4. The Bertz CT molecular complexity index is 454. The van der Waals surface area contributed by atoms with Crippen molar-refractivity contribution in [3.63, 3.8) is 0 Å². The van der Waals surface area contributed by atoms with E-state index in [0.717, 1.165) is 5.56 Å². The van der Waals surface area contributed by atoms with Crippen LogP contribution in [0.15, 0.2) is 24.3 Å². The number of para-hydroxylation sites is 1. The maximum atomic E-state index is 11.6. The molecule has 4 N–H and O–H groups in total. The summed E-state index contributed by atoms with van der Waals surface area (Å²) in [5.74, 6) is 0.0709. The number of ether oxygens (including phenoxy) is 1. The Morgan fingerprint density at radius 3 is 2.55 bits per heavy atom. The lowest BCUT2D eigenvalue weighted by Gasteiger charge is -2.17. The Labute approximate surface area is 124 Å². The van der Waals surface area contributed by atoms with Gasteiger partial charge in [0.2, 0.25) is 11.8 Å². The molecule has 6 nitrogen and oxygen atoms in total. The summed E-state index contributed by atoms with van der Waals surface area (Å²) in [6, 6.07) is 7.23. The van der Waals surface area contributed by atoms with Crippen molar-refractivity contribution in [2.24, 2.45) is 5.73 Å². The normalized spacial score (nSPS) is 10.9. The molecule has 0 aliphatic rings. The molecule has 1 aromatic carbocycles. The van der Waals surface area contributed by atoms with Crippen molar-refractivity contribution in [3.05, 3.63) is 29.8 Å². The van der Waals surface area contributed by atoms with Gasteiger partial charge >= 0.3 is 0 Å². The average molecular weight is 302 g/mol. The quantitative estimate of drug-likeness (QED) is 0.707. The predicted octanol–water partition coefficient (Wildman–Crippen LogP) is 0.369. The highest BCUT2D eigenvalue weighted by molar-refractivity contribution is 5.86. The van der Waals surface area contributed by atoms with Gasteiger partial charge in [-0.05, 0) is 13.0 Å². The van der Waals surface area contributed by atoms with Crippen molar-refractivity contribution in [2.75, 3.05) is 20.2 Å². The van der Waals surface area contributed by atoms with Gasteiger partial charge in [0.15, 0.2) is 0 Å². The molecule has 0 aromatic heterocycles. The highest BCUT2D eigenvalue weighted by Gasteiger charge is 2.13. The maximum absolute atomic E-state index is 11.6. The van der Waals surface area contributed by atoms with Crippen molar-refractivity contribution in [2.45, 2.75) is 13.0 Å². The number of benzene rings is 1. The number of nitrogens with one attached hydrogen (secondary N) is 2. The van der Waals surface area contributed by atoms with E-state index in [2.05, 4.69) is 10.6 Å². The SMILES string of the molecule is COc1ccccc1C(C)NC(=O)CNC(=O)CN.Cl. The van der Waals surface area contributed by atoms with Crippen molar-refractivity contribution in [3.8, 4) is 5.75 Å². The molecule has 0 fully saturated rings. The number of rotatable bonds is 6. The van der Waals surface area contributed by atoms with Gasteiger partial charge in [-0.1, -0.05) is 18.2 Å². The van der Waals surface area contributed by atoms with Gasteiger partial charge < -0.3 is 21.1 Å². The summed E-state index contributed by atoms with van der Waals surface area (Å²) >= 11 is 0. The molecule has 1 rings (SSSR count). The lowest BCUT2D eigenvalue weighted by atomic mass is 10.1. The minimum absolute atomic E-state index is 0. The molecule has 0 spiro atoms. The molecule has 0 saturated carbocycles. The summed E-state index contributed by atoms with van der Waals surface area (Å²) in [7, 11) is 1.58. The van der Waals surface area contributed by atoms with Gasteiger partial charge in [-0.15, -0.1) is 12.4 Å². The van der Waals surface area contributed by atoms with Crippen LogP contribution in [0.25, 0.3) is 0 Å².